The number of carbonyl (C=O) groups is 1. The molecule has 3 N–H and O–H groups in total. The number of hydrogen-bond donors (Lipinski definition) is 3. The molecular weight excluding hydrogens is 302 g/mol. The summed E-state index contributed by atoms with van der Waals surface area (Å²) in [7, 11) is -1.74. The van der Waals surface area contributed by atoms with E-state index >= 15 is 0 Å². The molecule has 0 bridgehead atoms. The Balaban J connectivity index is 1.97. The Bertz CT molecular complexity index is 747. The van der Waals surface area contributed by atoms with E-state index in [-0.39, 0.29) is 5.70 Å². The minimum absolute atomic E-state index is 0.171. The van der Waals surface area contributed by atoms with E-state index in [2.05, 4.69) is 10.3 Å². The van der Waals surface area contributed by atoms with Crippen molar-refractivity contribution in [3.05, 3.63) is 59.9 Å². The van der Waals surface area contributed by atoms with Crippen LogP contribution >= 0.6 is 10.8 Å². The topological polar surface area (TPSA) is 85.7 Å². The van der Waals surface area contributed by atoms with Crippen molar-refractivity contribution < 1.29 is 13.9 Å². The first-order valence-electron chi connectivity index (χ1n) is 6.55. The van der Waals surface area contributed by atoms with Crippen molar-refractivity contribution in [2.75, 3.05) is 12.4 Å². The summed E-state index contributed by atoms with van der Waals surface area (Å²) in [6, 6.07) is 12.1. The summed E-state index contributed by atoms with van der Waals surface area (Å²) in [6.45, 7) is 0. The second-order valence-electron chi connectivity index (χ2n) is 4.75. The van der Waals surface area contributed by atoms with Crippen LogP contribution < -0.4 is 5.32 Å². The number of anilines is 1. The molecule has 0 atom stereocenters. The third-order valence-electron chi connectivity index (χ3n) is 3.37. The van der Waals surface area contributed by atoms with Crippen LogP contribution in [-0.2, 0) is 4.79 Å². The molecule has 1 aliphatic heterocycles. The van der Waals surface area contributed by atoms with Gasteiger partial charge in [-0.05, 0) is 24.3 Å². The third-order valence-corrected chi connectivity index (χ3v) is 5.29. The molecule has 0 aliphatic carbocycles. The lowest BCUT2D eigenvalue weighted by atomic mass is 10.2. The van der Waals surface area contributed by atoms with Crippen LogP contribution in [0, 0.1) is 0 Å². The second-order valence-corrected chi connectivity index (χ2v) is 6.78. The molecule has 2 heterocycles. The summed E-state index contributed by atoms with van der Waals surface area (Å²) in [5, 5.41) is 2.64. The van der Waals surface area contributed by atoms with Gasteiger partial charge in [0.05, 0.1) is 4.90 Å². The van der Waals surface area contributed by atoms with Crippen LogP contribution in [0.4, 0.5) is 5.82 Å². The highest BCUT2D eigenvalue weighted by Gasteiger charge is 2.33. The third kappa shape index (κ3) is 2.45. The van der Waals surface area contributed by atoms with Gasteiger partial charge in [0.25, 0.3) is 5.91 Å². The number of aromatic nitrogens is 1. The van der Waals surface area contributed by atoms with Crippen molar-refractivity contribution in [3.8, 4) is 0 Å². The molecule has 1 aliphatic rings. The molecule has 0 radical (unpaired) electrons. The van der Waals surface area contributed by atoms with Gasteiger partial charge in [0.2, 0.25) is 0 Å². The number of likely N-dealkylation sites (N-methyl/N-ethyl adjacent to an activating group) is 1. The molecule has 1 aromatic heterocycles. The summed E-state index contributed by atoms with van der Waals surface area (Å²) in [5.74, 6) is -0.0483. The van der Waals surface area contributed by atoms with Gasteiger partial charge in [-0.1, -0.05) is 35.0 Å². The first kappa shape index (κ1) is 14.6. The fraction of sp³-hybridized carbons (Fsp3) is 0.0667. The van der Waals surface area contributed by atoms with E-state index in [0.717, 1.165) is 0 Å². The normalized spacial score (nSPS) is 17.2. The Morgan fingerprint density at radius 3 is 2.64 bits per heavy atom. The van der Waals surface area contributed by atoms with Crippen molar-refractivity contribution in [3.63, 3.8) is 0 Å². The van der Waals surface area contributed by atoms with Crippen LogP contribution in [0.2, 0.25) is 0 Å². The van der Waals surface area contributed by atoms with E-state index < -0.39 is 16.7 Å². The average molecular weight is 317 g/mol. The van der Waals surface area contributed by atoms with Crippen LogP contribution in [0.25, 0.3) is 6.08 Å². The van der Waals surface area contributed by atoms with E-state index in [4.69, 9.17) is 0 Å². The maximum absolute atomic E-state index is 12.4. The smallest absolute Gasteiger partial charge is 0.274 e. The van der Waals surface area contributed by atoms with Gasteiger partial charge < -0.3 is 5.32 Å². The van der Waals surface area contributed by atoms with Gasteiger partial charge >= 0.3 is 0 Å². The molecule has 0 saturated carbocycles. The lowest BCUT2D eigenvalue weighted by Gasteiger charge is -2.45. The predicted octanol–water partition coefficient (Wildman–Crippen LogP) is 3.03. The monoisotopic (exact) mass is 317 g/mol. The molecule has 22 heavy (non-hydrogen) atoms. The molecule has 6 nitrogen and oxygen atoms in total. The van der Waals surface area contributed by atoms with Crippen molar-refractivity contribution in [1.82, 2.24) is 9.29 Å². The fourth-order valence-electron chi connectivity index (χ4n) is 2.20. The van der Waals surface area contributed by atoms with Crippen LogP contribution in [0.15, 0.2) is 59.3 Å². The zero-order valence-electron chi connectivity index (χ0n) is 11.8. The molecule has 0 unspecified atom stereocenters. The van der Waals surface area contributed by atoms with Gasteiger partial charge in [-0.2, -0.15) is 0 Å². The Hall–Kier alpha value is -2.35. The summed E-state index contributed by atoms with van der Waals surface area (Å²) in [6.07, 6.45) is 3.20. The molecule has 0 saturated heterocycles. The predicted molar refractivity (Wildman–Crippen MR) is 86.2 cm³/mol. The number of carbonyl (C=O) groups excluding carboxylic acids is 1. The molecule has 3 rings (SSSR count). The van der Waals surface area contributed by atoms with Gasteiger partial charge in [0.1, 0.15) is 11.5 Å². The highest BCUT2D eigenvalue weighted by molar-refractivity contribution is 8.22. The molecule has 7 heteroatoms. The average Bonchev–Trinajstić information content (AvgIpc) is 2.52. The minimum atomic E-state index is -3.22. The Kier molecular flexibility index (Phi) is 3.61. The van der Waals surface area contributed by atoms with Gasteiger partial charge in [0.15, 0.2) is 0 Å². The maximum Gasteiger partial charge on any atom is 0.274 e. The Morgan fingerprint density at radius 1 is 1.18 bits per heavy atom. The number of fused-ring (bicyclic) bond motifs is 1. The van der Waals surface area contributed by atoms with Crippen molar-refractivity contribution in [1.29, 1.82) is 0 Å². The summed E-state index contributed by atoms with van der Waals surface area (Å²) >= 11 is 0. The highest BCUT2D eigenvalue weighted by Crippen LogP contribution is 2.56. The van der Waals surface area contributed by atoms with Gasteiger partial charge in [-0.3, -0.25) is 18.2 Å². The summed E-state index contributed by atoms with van der Waals surface area (Å²) in [5.41, 5.74) is 0.788. The van der Waals surface area contributed by atoms with Crippen molar-refractivity contribution >= 4 is 28.6 Å². The van der Waals surface area contributed by atoms with Crippen LogP contribution in [-0.4, -0.2) is 31.3 Å². The number of amides is 1. The van der Waals surface area contributed by atoms with Gasteiger partial charge in [-0.25, -0.2) is 4.98 Å². The fourth-order valence-corrected chi connectivity index (χ4v) is 3.61. The lowest BCUT2D eigenvalue weighted by Crippen LogP contribution is -2.33. The van der Waals surface area contributed by atoms with Gasteiger partial charge in [-0.15, -0.1) is 0 Å². The molecule has 114 valence electrons. The number of nitrogens with zero attached hydrogens (tertiary/aromatic N) is 2. The van der Waals surface area contributed by atoms with E-state index in [0.29, 0.717) is 16.3 Å². The minimum Gasteiger partial charge on any atom is -0.305 e. The second kappa shape index (κ2) is 5.45. The molecule has 1 aromatic carbocycles. The highest BCUT2D eigenvalue weighted by atomic mass is 32.3. The molecule has 2 aromatic rings. The summed E-state index contributed by atoms with van der Waals surface area (Å²) < 4.78 is 22.0. The number of hydrogen-bond acceptors (Lipinski definition) is 5. The molecule has 0 fully saturated rings. The van der Waals surface area contributed by atoms with Crippen LogP contribution in [0.1, 0.15) is 5.56 Å². The SMILES string of the molecule is CN1C(C(=O)Nc2ccccn2)=Cc2ccccc2S1(O)O. The first-order chi connectivity index (χ1) is 10.5. The van der Waals surface area contributed by atoms with Crippen molar-refractivity contribution in [2.45, 2.75) is 4.90 Å². The van der Waals surface area contributed by atoms with E-state index in [1.165, 1.54) is 11.4 Å². The van der Waals surface area contributed by atoms with E-state index in [1.54, 1.807) is 54.7 Å². The maximum atomic E-state index is 12.4. The molecule has 1 amide bonds. The number of nitrogens with one attached hydrogen (secondary N) is 1. The van der Waals surface area contributed by atoms with E-state index in [1.807, 2.05) is 0 Å². The van der Waals surface area contributed by atoms with Crippen LogP contribution in [0.3, 0.4) is 0 Å². The first-order valence-corrected chi connectivity index (χ1v) is 8.06. The standard InChI is InChI=1S/C15H15N3O3S/c1-18-12(15(19)17-14-8-4-5-9-16-14)10-11-6-2-3-7-13(11)22(18,20)21/h2-10,20-21H,1H3,(H,16,17,19). The van der Waals surface area contributed by atoms with Crippen LogP contribution in [0.5, 0.6) is 0 Å². The number of rotatable bonds is 2. The number of benzene rings is 1. The van der Waals surface area contributed by atoms with Crippen molar-refractivity contribution in [2.24, 2.45) is 0 Å². The largest absolute Gasteiger partial charge is 0.305 e. The molecular formula is C15H15N3O3S. The molecule has 0 spiro atoms. The zero-order chi connectivity index (χ0) is 15.7. The number of pyridine rings is 1. The van der Waals surface area contributed by atoms with E-state index in [9.17, 15) is 13.9 Å². The summed E-state index contributed by atoms with van der Waals surface area (Å²) in [4.78, 5) is 16.8. The lowest BCUT2D eigenvalue weighted by molar-refractivity contribution is -0.113. The Morgan fingerprint density at radius 2 is 1.91 bits per heavy atom. The quantitative estimate of drug-likeness (QED) is 0.792. The zero-order valence-corrected chi connectivity index (χ0v) is 12.6. The Labute approximate surface area is 129 Å². The van der Waals surface area contributed by atoms with Gasteiger partial charge in [0, 0.05) is 18.8 Å².